The van der Waals surface area contributed by atoms with Crippen LogP contribution in [-0.2, 0) is 5.41 Å². The van der Waals surface area contributed by atoms with Gasteiger partial charge >= 0.3 is 0 Å². The summed E-state index contributed by atoms with van der Waals surface area (Å²) in [7, 11) is 0. The minimum absolute atomic E-state index is 0.00646. The lowest BCUT2D eigenvalue weighted by Gasteiger charge is -2.20. The van der Waals surface area contributed by atoms with E-state index >= 15 is 0 Å². The predicted molar refractivity (Wildman–Crippen MR) is 70.7 cm³/mol. The summed E-state index contributed by atoms with van der Waals surface area (Å²) in [6.07, 6.45) is 2.38. The monoisotopic (exact) mass is 234 g/mol. The Morgan fingerprint density at radius 3 is 2.47 bits per heavy atom. The zero-order valence-electron chi connectivity index (χ0n) is 11.2. The van der Waals surface area contributed by atoms with Gasteiger partial charge in [0.25, 0.3) is 0 Å². The van der Waals surface area contributed by atoms with Crippen LogP contribution in [0.4, 0.5) is 0 Å². The Bertz CT molecular complexity index is 400. The zero-order chi connectivity index (χ0) is 13.1. The van der Waals surface area contributed by atoms with Crippen LogP contribution in [0.1, 0.15) is 62.9 Å². The molecule has 0 heterocycles. The molecule has 0 radical (unpaired) electrons. The van der Waals surface area contributed by atoms with E-state index in [-0.39, 0.29) is 16.9 Å². The molecule has 1 aromatic carbocycles. The average Bonchev–Trinajstić information content (AvgIpc) is 2.24. The van der Waals surface area contributed by atoms with Crippen LogP contribution in [0, 0.1) is 0 Å². The van der Waals surface area contributed by atoms with Crippen molar-refractivity contribution in [1.82, 2.24) is 0 Å². The normalized spacial score (nSPS) is 11.5. The third-order valence-corrected chi connectivity index (χ3v) is 2.92. The van der Waals surface area contributed by atoms with Crippen LogP contribution in [0.25, 0.3) is 0 Å². The fourth-order valence-electron chi connectivity index (χ4n) is 1.70. The van der Waals surface area contributed by atoms with Crippen LogP contribution < -0.4 is 0 Å². The highest BCUT2D eigenvalue weighted by Crippen LogP contribution is 2.28. The number of carbonyl (C=O) groups is 1. The fraction of sp³-hybridized carbons (Fsp3) is 0.533. The minimum atomic E-state index is -0.00646. The molecule has 0 aromatic heterocycles. The summed E-state index contributed by atoms with van der Waals surface area (Å²) < 4.78 is 0. The van der Waals surface area contributed by atoms with Gasteiger partial charge in [0, 0.05) is 6.42 Å². The number of rotatable bonds is 4. The molecule has 0 spiro atoms. The molecule has 1 N–H and O–H groups in total. The predicted octanol–water partition coefficient (Wildman–Crippen LogP) is 4.06. The smallest absolute Gasteiger partial charge is 0.166 e. The first-order valence-electron chi connectivity index (χ1n) is 6.23. The second-order valence-corrected chi connectivity index (χ2v) is 5.51. The van der Waals surface area contributed by atoms with Crippen molar-refractivity contribution in [3.63, 3.8) is 0 Å². The van der Waals surface area contributed by atoms with Gasteiger partial charge in [-0.05, 0) is 29.5 Å². The molecule has 17 heavy (non-hydrogen) atoms. The Morgan fingerprint density at radius 1 is 1.29 bits per heavy atom. The standard InChI is InChI=1S/C15H22O2/c1-5-6-7-13(16)12-10-11(15(2,3)4)8-9-14(12)17/h8-10,17H,5-7H2,1-4H3. The van der Waals surface area contributed by atoms with Crippen LogP contribution in [-0.4, -0.2) is 10.9 Å². The van der Waals surface area contributed by atoms with E-state index < -0.39 is 0 Å². The van der Waals surface area contributed by atoms with Crippen molar-refractivity contribution < 1.29 is 9.90 Å². The van der Waals surface area contributed by atoms with Gasteiger partial charge in [-0.2, -0.15) is 0 Å². The lowest BCUT2D eigenvalue weighted by molar-refractivity contribution is 0.0977. The molecule has 2 nitrogen and oxygen atoms in total. The first-order valence-corrected chi connectivity index (χ1v) is 6.23. The van der Waals surface area contributed by atoms with Gasteiger partial charge in [0.05, 0.1) is 5.56 Å². The summed E-state index contributed by atoms with van der Waals surface area (Å²) in [5, 5.41) is 9.75. The molecule has 0 aliphatic rings. The van der Waals surface area contributed by atoms with Crippen LogP contribution in [0.3, 0.4) is 0 Å². The van der Waals surface area contributed by atoms with Crippen molar-refractivity contribution in [2.75, 3.05) is 0 Å². The van der Waals surface area contributed by atoms with E-state index in [1.807, 2.05) is 12.1 Å². The number of carbonyl (C=O) groups excluding carboxylic acids is 1. The number of phenolic OH excluding ortho intramolecular Hbond substituents is 1. The third-order valence-electron chi connectivity index (χ3n) is 2.92. The summed E-state index contributed by atoms with van der Waals surface area (Å²) in [6, 6.07) is 5.33. The molecule has 0 saturated carbocycles. The van der Waals surface area contributed by atoms with E-state index in [1.54, 1.807) is 6.07 Å². The number of hydrogen-bond donors (Lipinski definition) is 1. The fourth-order valence-corrected chi connectivity index (χ4v) is 1.70. The van der Waals surface area contributed by atoms with Gasteiger partial charge in [-0.3, -0.25) is 4.79 Å². The highest BCUT2D eigenvalue weighted by molar-refractivity contribution is 5.98. The van der Waals surface area contributed by atoms with Crippen molar-refractivity contribution in [3.8, 4) is 5.75 Å². The average molecular weight is 234 g/mol. The minimum Gasteiger partial charge on any atom is -0.507 e. The maximum Gasteiger partial charge on any atom is 0.166 e. The molecule has 2 heteroatoms. The molecule has 1 aromatic rings. The SMILES string of the molecule is CCCCC(=O)c1cc(C(C)(C)C)ccc1O. The van der Waals surface area contributed by atoms with Crippen LogP contribution in [0.15, 0.2) is 18.2 Å². The number of hydrogen-bond acceptors (Lipinski definition) is 2. The second-order valence-electron chi connectivity index (χ2n) is 5.51. The van der Waals surface area contributed by atoms with Crippen molar-refractivity contribution in [1.29, 1.82) is 0 Å². The van der Waals surface area contributed by atoms with Gasteiger partial charge in [0.1, 0.15) is 5.75 Å². The van der Waals surface area contributed by atoms with Crippen molar-refractivity contribution >= 4 is 5.78 Å². The van der Waals surface area contributed by atoms with Gasteiger partial charge in [-0.1, -0.05) is 40.2 Å². The van der Waals surface area contributed by atoms with E-state index in [4.69, 9.17) is 0 Å². The zero-order valence-corrected chi connectivity index (χ0v) is 11.2. The topological polar surface area (TPSA) is 37.3 Å². The first kappa shape index (κ1) is 13.8. The van der Waals surface area contributed by atoms with E-state index in [0.29, 0.717) is 12.0 Å². The summed E-state index contributed by atoms with van der Waals surface area (Å²) in [6.45, 7) is 8.34. The van der Waals surface area contributed by atoms with Crippen molar-refractivity contribution in [2.24, 2.45) is 0 Å². The largest absolute Gasteiger partial charge is 0.507 e. The van der Waals surface area contributed by atoms with Crippen molar-refractivity contribution in [2.45, 2.75) is 52.4 Å². The molecule has 0 bridgehead atoms. The van der Waals surface area contributed by atoms with Gasteiger partial charge in [-0.25, -0.2) is 0 Å². The van der Waals surface area contributed by atoms with E-state index in [2.05, 4.69) is 27.7 Å². The van der Waals surface area contributed by atoms with Crippen LogP contribution >= 0.6 is 0 Å². The lowest BCUT2D eigenvalue weighted by Crippen LogP contribution is -2.12. The lowest BCUT2D eigenvalue weighted by atomic mass is 9.85. The highest BCUT2D eigenvalue weighted by Gasteiger charge is 2.18. The maximum atomic E-state index is 11.9. The molecule has 1 rings (SSSR count). The first-order chi connectivity index (χ1) is 7.86. The molecule has 0 aliphatic carbocycles. The number of Topliss-reactive ketones (excluding diaryl/α,β-unsaturated/α-hetero) is 1. The Morgan fingerprint density at radius 2 is 1.94 bits per heavy atom. The second kappa shape index (κ2) is 5.35. The molecule has 0 atom stereocenters. The molecule has 0 amide bonds. The molecular weight excluding hydrogens is 212 g/mol. The van der Waals surface area contributed by atoms with E-state index in [9.17, 15) is 9.90 Å². The molecule has 0 unspecified atom stereocenters. The maximum absolute atomic E-state index is 11.9. The molecule has 0 saturated heterocycles. The molecule has 0 aliphatic heterocycles. The van der Waals surface area contributed by atoms with Crippen LogP contribution in [0.2, 0.25) is 0 Å². The third kappa shape index (κ3) is 3.58. The quantitative estimate of drug-likeness (QED) is 0.797. The summed E-state index contributed by atoms with van der Waals surface area (Å²) in [5.74, 6) is 0.134. The number of phenols is 1. The molecule has 94 valence electrons. The van der Waals surface area contributed by atoms with Gasteiger partial charge in [-0.15, -0.1) is 0 Å². The number of benzene rings is 1. The van der Waals surface area contributed by atoms with E-state index in [0.717, 1.165) is 18.4 Å². The van der Waals surface area contributed by atoms with Gasteiger partial charge in [0.2, 0.25) is 0 Å². The van der Waals surface area contributed by atoms with Gasteiger partial charge in [0.15, 0.2) is 5.78 Å². The summed E-state index contributed by atoms with van der Waals surface area (Å²) >= 11 is 0. The number of ketones is 1. The van der Waals surface area contributed by atoms with E-state index in [1.165, 1.54) is 0 Å². The Labute approximate surface area is 104 Å². The van der Waals surface area contributed by atoms with Crippen molar-refractivity contribution in [3.05, 3.63) is 29.3 Å². The number of unbranched alkanes of at least 4 members (excludes halogenated alkanes) is 1. The summed E-state index contributed by atoms with van der Waals surface area (Å²) in [5.41, 5.74) is 1.54. The summed E-state index contributed by atoms with van der Waals surface area (Å²) in [4.78, 5) is 11.9. The number of aromatic hydroxyl groups is 1. The Kier molecular flexibility index (Phi) is 4.33. The molecule has 0 fully saturated rings. The van der Waals surface area contributed by atoms with Gasteiger partial charge < -0.3 is 5.11 Å². The van der Waals surface area contributed by atoms with Crippen LogP contribution in [0.5, 0.6) is 5.75 Å². The highest BCUT2D eigenvalue weighted by atomic mass is 16.3. The molecular formula is C15H22O2. The Hall–Kier alpha value is -1.31. The Balaban J connectivity index is 3.02.